The zero-order valence-electron chi connectivity index (χ0n) is 10.7. The third kappa shape index (κ3) is 3.16. The second kappa shape index (κ2) is 5.75. The van der Waals surface area contributed by atoms with Gasteiger partial charge >= 0.3 is 0 Å². The molecule has 0 radical (unpaired) electrons. The number of nitrogens with one attached hydrogen (secondary N) is 1. The molecule has 0 bridgehead atoms. The molecule has 0 unspecified atom stereocenters. The highest BCUT2D eigenvalue weighted by molar-refractivity contribution is 6.31. The SMILES string of the molecule is CC(=O)c1cccc(NC(=O)c2cc(Cl)ccc2O)c1. The van der Waals surface area contributed by atoms with Crippen molar-refractivity contribution in [2.75, 3.05) is 5.32 Å². The topological polar surface area (TPSA) is 66.4 Å². The van der Waals surface area contributed by atoms with Gasteiger partial charge in [0.25, 0.3) is 5.91 Å². The fourth-order valence-corrected chi connectivity index (χ4v) is 1.88. The van der Waals surface area contributed by atoms with Crippen LogP contribution in [-0.4, -0.2) is 16.8 Å². The van der Waals surface area contributed by atoms with Gasteiger partial charge in [-0.05, 0) is 37.3 Å². The van der Waals surface area contributed by atoms with Crippen molar-refractivity contribution < 1.29 is 14.7 Å². The fraction of sp³-hybridized carbons (Fsp3) is 0.0667. The minimum Gasteiger partial charge on any atom is -0.507 e. The van der Waals surface area contributed by atoms with Gasteiger partial charge in [-0.2, -0.15) is 0 Å². The smallest absolute Gasteiger partial charge is 0.259 e. The number of phenols is 1. The van der Waals surface area contributed by atoms with E-state index in [9.17, 15) is 14.7 Å². The van der Waals surface area contributed by atoms with Gasteiger partial charge in [0, 0.05) is 16.3 Å². The molecule has 0 aromatic heterocycles. The molecule has 0 spiro atoms. The van der Waals surface area contributed by atoms with Crippen molar-refractivity contribution in [3.8, 4) is 5.75 Å². The molecule has 2 rings (SSSR count). The van der Waals surface area contributed by atoms with Crippen LogP contribution in [0, 0.1) is 0 Å². The number of phenolic OH excluding ortho intramolecular Hbond substituents is 1. The molecule has 4 nitrogen and oxygen atoms in total. The van der Waals surface area contributed by atoms with E-state index in [1.165, 1.54) is 25.1 Å². The molecule has 0 saturated heterocycles. The number of hydrogen-bond donors (Lipinski definition) is 2. The predicted octanol–water partition coefficient (Wildman–Crippen LogP) is 3.50. The van der Waals surface area contributed by atoms with Crippen LogP contribution in [0.15, 0.2) is 42.5 Å². The van der Waals surface area contributed by atoms with E-state index in [4.69, 9.17) is 11.6 Å². The number of hydrogen-bond acceptors (Lipinski definition) is 3. The average molecular weight is 290 g/mol. The van der Waals surface area contributed by atoms with Gasteiger partial charge in [-0.1, -0.05) is 23.7 Å². The fourth-order valence-electron chi connectivity index (χ4n) is 1.70. The van der Waals surface area contributed by atoms with Gasteiger partial charge in [-0.3, -0.25) is 9.59 Å². The maximum absolute atomic E-state index is 12.1. The minimum atomic E-state index is -0.495. The van der Waals surface area contributed by atoms with Crippen LogP contribution in [-0.2, 0) is 0 Å². The van der Waals surface area contributed by atoms with E-state index >= 15 is 0 Å². The van der Waals surface area contributed by atoms with Gasteiger partial charge < -0.3 is 10.4 Å². The lowest BCUT2D eigenvalue weighted by atomic mass is 10.1. The Morgan fingerprint density at radius 1 is 1.15 bits per heavy atom. The van der Waals surface area contributed by atoms with Crippen LogP contribution in [0.4, 0.5) is 5.69 Å². The largest absolute Gasteiger partial charge is 0.507 e. The van der Waals surface area contributed by atoms with Crippen molar-refractivity contribution in [1.29, 1.82) is 0 Å². The van der Waals surface area contributed by atoms with Crippen molar-refractivity contribution in [2.24, 2.45) is 0 Å². The second-order valence-corrected chi connectivity index (χ2v) is 4.69. The Labute approximate surface area is 121 Å². The number of carbonyl (C=O) groups is 2. The van der Waals surface area contributed by atoms with Gasteiger partial charge in [0.05, 0.1) is 5.56 Å². The van der Waals surface area contributed by atoms with Crippen LogP contribution in [0.3, 0.4) is 0 Å². The molecule has 0 atom stereocenters. The number of amides is 1. The maximum atomic E-state index is 12.1. The average Bonchev–Trinajstić information content (AvgIpc) is 2.41. The van der Waals surface area contributed by atoms with Gasteiger partial charge in [-0.25, -0.2) is 0 Å². The molecule has 2 N–H and O–H groups in total. The molecule has 2 aromatic carbocycles. The summed E-state index contributed by atoms with van der Waals surface area (Å²) in [6, 6.07) is 10.8. The Morgan fingerprint density at radius 2 is 1.90 bits per heavy atom. The number of anilines is 1. The van der Waals surface area contributed by atoms with Gasteiger partial charge in [0.2, 0.25) is 0 Å². The predicted molar refractivity (Wildman–Crippen MR) is 77.5 cm³/mol. The first-order chi connectivity index (χ1) is 9.47. The number of benzene rings is 2. The van der Waals surface area contributed by atoms with Crippen LogP contribution in [0.25, 0.3) is 0 Å². The summed E-state index contributed by atoms with van der Waals surface area (Å²) in [4.78, 5) is 23.3. The highest BCUT2D eigenvalue weighted by Gasteiger charge is 2.12. The standard InChI is InChI=1S/C15H12ClNO3/c1-9(18)10-3-2-4-12(7-10)17-15(20)13-8-11(16)5-6-14(13)19/h2-8,19H,1H3,(H,17,20). The first-order valence-corrected chi connectivity index (χ1v) is 6.26. The van der Waals surface area contributed by atoms with Crippen LogP contribution in [0.5, 0.6) is 5.75 Å². The molecule has 2 aromatic rings. The lowest BCUT2D eigenvalue weighted by Gasteiger charge is -2.08. The summed E-state index contributed by atoms with van der Waals surface area (Å²) >= 11 is 5.79. The summed E-state index contributed by atoms with van der Waals surface area (Å²) in [7, 11) is 0. The molecule has 1 amide bonds. The number of carbonyl (C=O) groups excluding carboxylic acids is 2. The van der Waals surface area contributed by atoms with Crippen molar-refractivity contribution in [1.82, 2.24) is 0 Å². The van der Waals surface area contributed by atoms with Gasteiger partial charge in [-0.15, -0.1) is 0 Å². The van der Waals surface area contributed by atoms with Crippen molar-refractivity contribution in [3.63, 3.8) is 0 Å². The Balaban J connectivity index is 2.25. The van der Waals surface area contributed by atoms with Crippen LogP contribution < -0.4 is 5.32 Å². The normalized spacial score (nSPS) is 10.1. The first-order valence-electron chi connectivity index (χ1n) is 5.88. The third-order valence-electron chi connectivity index (χ3n) is 2.73. The Hall–Kier alpha value is -2.33. The zero-order chi connectivity index (χ0) is 14.7. The summed E-state index contributed by atoms with van der Waals surface area (Å²) in [5, 5.41) is 12.6. The highest BCUT2D eigenvalue weighted by Crippen LogP contribution is 2.22. The zero-order valence-corrected chi connectivity index (χ0v) is 11.4. The van der Waals surface area contributed by atoms with E-state index in [0.29, 0.717) is 16.3 Å². The molecule has 0 aliphatic carbocycles. The van der Waals surface area contributed by atoms with Gasteiger partial charge in [0.15, 0.2) is 5.78 Å². The quantitative estimate of drug-likeness (QED) is 0.850. The highest BCUT2D eigenvalue weighted by atomic mass is 35.5. The number of aromatic hydroxyl groups is 1. The number of rotatable bonds is 3. The molecular formula is C15H12ClNO3. The van der Waals surface area contributed by atoms with E-state index in [0.717, 1.165) is 0 Å². The Bertz CT molecular complexity index is 683. The minimum absolute atomic E-state index is 0.0747. The van der Waals surface area contributed by atoms with Gasteiger partial charge in [0.1, 0.15) is 5.75 Å². The lowest BCUT2D eigenvalue weighted by Crippen LogP contribution is -2.12. The summed E-state index contributed by atoms with van der Waals surface area (Å²) in [5.74, 6) is -0.743. The molecule has 0 saturated carbocycles. The Kier molecular flexibility index (Phi) is 4.05. The molecule has 20 heavy (non-hydrogen) atoms. The van der Waals surface area contributed by atoms with E-state index in [1.54, 1.807) is 24.3 Å². The van der Waals surface area contributed by atoms with E-state index < -0.39 is 5.91 Å². The van der Waals surface area contributed by atoms with Crippen molar-refractivity contribution in [2.45, 2.75) is 6.92 Å². The second-order valence-electron chi connectivity index (χ2n) is 4.25. The number of ketones is 1. The summed E-state index contributed by atoms with van der Waals surface area (Å²) < 4.78 is 0. The van der Waals surface area contributed by atoms with Crippen molar-refractivity contribution >= 4 is 29.0 Å². The molecule has 0 aliphatic heterocycles. The first kappa shape index (κ1) is 14.1. The van der Waals surface area contributed by atoms with Crippen LogP contribution in [0.1, 0.15) is 27.6 Å². The van der Waals surface area contributed by atoms with E-state index in [1.807, 2.05) is 0 Å². The lowest BCUT2D eigenvalue weighted by molar-refractivity contribution is 0.101. The van der Waals surface area contributed by atoms with E-state index in [-0.39, 0.29) is 17.1 Å². The monoisotopic (exact) mass is 289 g/mol. The van der Waals surface area contributed by atoms with E-state index in [2.05, 4.69) is 5.32 Å². The molecule has 0 aliphatic rings. The van der Waals surface area contributed by atoms with Crippen LogP contribution in [0.2, 0.25) is 5.02 Å². The number of halogens is 1. The molecule has 0 fully saturated rings. The van der Waals surface area contributed by atoms with Crippen LogP contribution >= 0.6 is 11.6 Å². The number of Topliss-reactive ketones (excluding diaryl/α,β-unsaturated/α-hetero) is 1. The summed E-state index contributed by atoms with van der Waals surface area (Å²) in [6.07, 6.45) is 0. The summed E-state index contributed by atoms with van der Waals surface area (Å²) in [5.41, 5.74) is 1.05. The van der Waals surface area contributed by atoms with Crippen molar-refractivity contribution in [3.05, 3.63) is 58.6 Å². The third-order valence-corrected chi connectivity index (χ3v) is 2.97. The molecule has 5 heteroatoms. The maximum Gasteiger partial charge on any atom is 0.259 e. The molecule has 0 heterocycles. The molecular weight excluding hydrogens is 278 g/mol. The summed E-state index contributed by atoms with van der Waals surface area (Å²) in [6.45, 7) is 1.45. The Morgan fingerprint density at radius 3 is 2.60 bits per heavy atom. The molecule has 102 valence electrons.